The van der Waals surface area contributed by atoms with E-state index < -0.39 is 5.97 Å². The average molecular weight is 204 g/mol. The standard InChI is InChI=1S/C9H8N4O2/c10-13-12-4-1-2-7-6-11-5-3-8(7)9(14)15/h1-3,5-6H,4H2,(H,14,15). The molecule has 0 spiro atoms. The number of azide groups is 1. The Balaban J connectivity index is 2.88. The van der Waals surface area contributed by atoms with Crippen LogP contribution in [0, 0.1) is 0 Å². The maximum Gasteiger partial charge on any atom is 0.336 e. The quantitative estimate of drug-likeness (QED) is 0.461. The molecule has 0 amide bonds. The van der Waals surface area contributed by atoms with Crippen molar-refractivity contribution in [3.05, 3.63) is 46.1 Å². The molecule has 6 heteroatoms. The number of aromatic carboxylic acids is 1. The lowest BCUT2D eigenvalue weighted by Gasteiger charge is -1.98. The summed E-state index contributed by atoms with van der Waals surface area (Å²) in [5.74, 6) is -1.01. The highest BCUT2D eigenvalue weighted by atomic mass is 16.4. The molecule has 0 aromatic carbocycles. The minimum atomic E-state index is -1.01. The van der Waals surface area contributed by atoms with Crippen LogP contribution in [0.25, 0.3) is 16.5 Å². The Morgan fingerprint density at radius 2 is 2.53 bits per heavy atom. The summed E-state index contributed by atoms with van der Waals surface area (Å²) < 4.78 is 0. The molecule has 76 valence electrons. The number of rotatable bonds is 4. The summed E-state index contributed by atoms with van der Waals surface area (Å²) in [5, 5.41) is 12.1. The molecular formula is C9H8N4O2. The van der Waals surface area contributed by atoms with Crippen molar-refractivity contribution < 1.29 is 9.90 Å². The SMILES string of the molecule is [N-]=[N+]=NCC=Cc1cnccc1C(=O)O. The summed E-state index contributed by atoms with van der Waals surface area (Å²) in [7, 11) is 0. The van der Waals surface area contributed by atoms with Gasteiger partial charge in [-0.25, -0.2) is 4.79 Å². The first kappa shape index (κ1) is 10.7. The fourth-order valence-electron chi connectivity index (χ4n) is 0.998. The highest BCUT2D eigenvalue weighted by Gasteiger charge is 2.05. The van der Waals surface area contributed by atoms with Crippen LogP contribution in [0.1, 0.15) is 15.9 Å². The van der Waals surface area contributed by atoms with Crippen molar-refractivity contribution in [3.8, 4) is 0 Å². The molecule has 1 rings (SSSR count). The van der Waals surface area contributed by atoms with Gasteiger partial charge in [-0.05, 0) is 11.6 Å². The molecule has 0 bridgehead atoms. The van der Waals surface area contributed by atoms with Gasteiger partial charge in [-0.2, -0.15) is 0 Å². The topological polar surface area (TPSA) is 99.0 Å². The number of carboxylic acid groups (broad SMARTS) is 1. The molecule has 1 aromatic rings. The average Bonchev–Trinajstić information content (AvgIpc) is 2.25. The van der Waals surface area contributed by atoms with Crippen molar-refractivity contribution in [2.75, 3.05) is 6.54 Å². The van der Waals surface area contributed by atoms with Gasteiger partial charge in [0.05, 0.1) is 5.56 Å². The van der Waals surface area contributed by atoms with Gasteiger partial charge in [0.2, 0.25) is 0 Å². The number of nitrogens with zero attached hydrogens (tertiary/aromatic N) is 4. The summed E-state index contributed by atoms with van der Waals surface area (Å²) in [6.07, 6.45) is 5.98. The van der Waals surface area contributed by atoms with Crippen molar-refractivity contribution in [3.63, 3.8) is 0 Å². The van der Waals surface area contributed by atoms with Gasteiger partial charge in [0.15, 0.2) is 0 Å². The number of carbonyl (C=O) groups is 1. The molecule has 1 aromatic heterocycles. The molecule has 0 radical (unpaired) electrons. The molecule has 6 nitrogen and oxygen atoms in total. The largest absolute Gasteiger partial charge is 0.478 e. The second-order valence-corrected chi connectivity index (χ2v) is 2.58. The summed E-state index contributed by atoms with van der Waals surface area (Å²) in [5.41, 5.74) is 8.68. The molecule has 15 heavy (non-hydrogen) atoms. The first-order valence-electron chi connectivity index (χ1n) is 4.10. The van der Waals surface area contributed by atoms with Gasteiger partial charge in [0.1, 0.15) is 0 Å². The van der Waals surface area contributed by atoms with Crippen molar-refractivity contribution in [1.29, 1.82) is 0 Å². The molecule has 1 N–H and O–H groups in total. The number of pyridine rings is 1. The van der Waals surface area contributed by atoms with Crippen molar-refractivity contribution in [2.24, 2.45) is 5.11 Å². The molecule has 0 fully saturated rings. The van der Waals surface area contributed by atoms with Crippen LogP contribution in [0.4, 0.5) is 0 Å². The van der Waals surface area contributed by atoms with E-state index >= 15 is 0 Å². The van der Waals surface area contributed by atoms with Crippen LogP contribution in [0.2, 0.25) is 0 Å². The third kappa shape index (κ3) is 3.13. The van der Waals surface area contributed by atoms with Gasteiger partial charge in [-0.1, -0.05) is 17.3 Å². The van der Waals surface area contributed by atoms with E-state index in [1.54, 1.807) is 12.2 Å². The summed E-state index contributed by atoms with van der Waals surface area (Å²) in [6.45, 7) is 0.185. The molecule has 0 saturated carbocycles. The van der Waals surface area contributed by atoms with Crippen molar-refractivity contribution in [1.82, 2.24) is 4.98 Å². The predicted molar refractivity (Wildman–Crippen MR) is 54.2 cm³/mol. The third-order valence-electron chi connectivity index (χ3n) is 1.63. The highest BCUT2D eigenvalue weighted by molar-refractivity contribution is 5.91. The zero-order chi connectivity index (χ0) is 11.1. The van der Waals surface area contributed by atoms with E-state index in [1.807, 2.05) is 0 Å². The van der Waals surface area contributed by atoms with Crippen LogP contribution in [0.15, 0.2) is 29.7 Å². The van der Waals surface area contributed by atoms with E-state index in [9.17, 15) is 4.79 Å². The van der Waals surface area contributed by atoms with Gasteiger partial charge in [0.25, 0.3) is 0 Å². The Bertz CT molecular complexity index is 435. The van der Waals surface area contributed by atoms with Gasteiger partial charge < -0.3 is 5.11 Å². The zero-order valence-corrected chi connectivity index (χ0v) is 7.74. The van der Waals surface area contributed by atoms with E-state index in [0.717, 1.165) is 0 Å². The maximum atomic E-state index is 10.8. The summed E-state index contributed by atoms with van der Waals surface area (Å²) in [4.78, 5) is 17.1. The first-order valence-corrected chi connectivity index (χ1v) is 4.10. The lowest BCUT2D eigenvalue weighted by Crippen LogP contribution is -1.99. The molecule has 0 aliphatic carbocycles. The molecule has 1 heterocycles. The van der Waals surface area contributed by atoms with Crippen LogP contribution in [0.5, 0.6) is 0 Å². The first-order chi connectivity index (χ1) is 7.25. The fourth-order valence-corrected chi connectivity index (χ4v) is 0.998. The molecule has 0 unspecified atom stereocenters. The molecular weight excluding hydrogens is 196 g/mol. The van der Waals surface area contributed by atoms with Gasteiger partial charge >= 0.3 is 5.97 Å². The van der Waals surface area contributed by atoms with Gasteiger partial charge in [-0.3, -0.25) is 4.98 Å². The Morgan fingerprint density at radius 1 is 1.73 bits per heavy atom. The van der Waals surface area contributed by atoms with E-state index in [2.05, 4.69) is 15.0 Å². The minimum absolute atomic E-state index is 0.169. The Kier molecular flexibility index (Phi) is 3.88. The number of aromatic nitrogens is 1. The molecule has 0 aliphatic rings. The summed E-state index contributed by atoms with van der Waals surface area (Å²) >= 11 is 0. The van der Waals surface area contributed by atoms with Crippen LogP contribution >= 0.6 is 0 Å². The number of hydrogen-bond donors (Lipinski definition) is 1. The molecule has 0 saturated heterocycles. The van der Waals surface area contributed by atoms with Crippen molar-refractivity contribution in [2.45, 2.75) is 0 Å². The molecule has 0 atom stereocenters. The van der Waals surface area contributed by atoms with Crippen molar-refractivity contribution >= 4 is 12.0 Å². The van der Waals surface area contributed by atoms with Crippen LogP contribution in [-0.2, 0) is 0 Å². The second kappa shape index (κ2) is 5.41. The lowest BCUT2D eigenvalue weighted by atomic mass is 10.1. The summed E-state index contributed by atoms with van der Waals surface area (Å²) in [6, 6.07) is 1.41. The molecule has 0 aliphatic heterocycles. The van der Waals surface area contributed by atoms with Crippen LogP contribution in [0.3, 0.4) is 0 Å². The highest BCUT2D eigenvalue weighted by Crippen LogP contribution is 2.08. The second-order valence-electron chi connectivity index (χ2n) is 2.58. The van der Waals surface area contributed by atoms with Crippen LogP contribution < -0.4 is 0 Å². The monoisotopic (exact) mass is 204 g/mol. The Morgan fingerprint density at radius 3 is 3.20 bits per heavy atom. The van der Waals surface area contributed by atoms with Gasteiger partial charge in [0, 0.05) is 29.4 Å². The third-order valence-corrected chi connectivity index (χ3v) is 1.63. The van der Waals surface area contributed by atoms with E-state index in [-0.39, 0.29) is 12.1 Å². The predicted octanol–water partition coefficient (Wildman–Crippen LogP) is 2.10. The lowest BCUT2D eigenvalue weighted by molar-refractivity contribution is 0.0696. The number of carboxylic acids is 1. The Labute approximate surface area is 85.5 Å². The maximum absolute atomic E-state index is 10.8. The normalized spacial score (nSPS) is 9.87. The van der Waals surface area contributed by atoms with Gasteiger partial charge in [-0.15, -0.1) is 0 Å². The van der Waals surface area contributed by atoms with E-state index in [4.69, 9.17) is 10.6 Å². The minimum Gasteiger partial charge on any atom is -0.478 e. The Hall–Kier alpha value is -2.33. The van der Waals surface area contributed by atoms with E-state index in [1.165, 1.54) is 18.5 Å². The van der Waals surface area contributed by atoms with E-state index in [0.29, 0.717) is 5.56 Å². The number of hydrogen-bond acceptors (Lipinski definition) is 3. The zero-order valence-electron chi connectivity index (χ0n) is 7.74. The fraction of sp³-hybridized carbons (Fsp3) is 0.111. The van der Waals surface area contributed by atoms with Crippen LogP contribution in [-0.4, -0.2) is 22.6 Å². The smallest absolute Gasteiger partial charge is 0.336 e.